The highest BCUT2D eigenvalue weighted by atomic mass is 19.1. The minimum absolute atomic E-state index is 0.129. The first-order valence-electron chi connectivity index (χ1n) is 14.5. The van der Waals surface area contributed by atoms with Crippen molar-refractivity contribution in [2.24, 2.45) is 0 Å². The van der Waals surface area contributed by atoms with Crippen LogP contribution in [0.25, 0.3) is 5.65 Å². The molecule has 3 aliphatic heterocycles. The number of anilines is 1. The Bertz CT molecular complexity index is 1370. The van der Waals surface area contributed by atoms with Crippen LogP contribution in [0, 0.1) is 5.82 Å². The number of hydrogen-bond acceptors (Lipinski definition) is 6. The zero-order chi connectivity index (χ0) is 28.0. The van der Waals surface area contributed by atoms with Crippen LogP contribution in [0.4, 0.5) is 10.1 Å². The first-order chi connectivity index (χ1) is 19.2. The number of nitrogens with zero attached hydrogens (tertiary/aromatic N) is 5. The Balaban J connectivity index is 1.28. The smallest absolute Gasteiger partial charge is 0.241 e. The summed E-state index contributed by atoms with van der Waals surface area (Å²) in [5.74, 6) is -0.114. The fraction of sp³-hybridized carbons (Fsp3) is 0.548. The molecule has 8 nitrogen and oxygen atoms in total. The van der Waals surface area contributed by atoms with Crippen LogP contribution in [0.2, 0.25) is 0 Å². The Morgan fingerprint density at radius 3 is 2.77 bits per heavy atom. The number of amides is 1. The van der Waals surface area contributed by atoms with Gasteiger partial charge >= 0.3 is 0 Å². The Morgan fingerprint density at radius 2 is 2.00 bits per heavy atom. The number of pyridine rings is 1. The van der Waals surface area contributed by atoms with Gasteiger partial charge in [-0.2, -0.15) is 0 Å². The summed E-state index contributed by atoms with van der Waals surface area (Å²) in [4.78, 5) is 25.7. The molecule has 1 N–H and O–H groups in total. The molecular formula is C31H41FN6O2. The number of morpholine rings is 1. The van der Waals surface area contributed by atoms with Gasteiger partial charge in [0.2, 0.25) is 5.91 Å². The molecule has 5 heterocycles. The lowest BCUT2D eigenvalue weighted by atomic mass is 9.87. The second kappa shape index (κ2) is 10.9. The third-order valence-corrected chi connectivity index (χ3v) is 8.87. The zero-order valence-electron chi connectivity index (χ0n) is 24.1. The Labute approximate surface area is 236 Å². The van der Waals surface area contributed by atoms with Gasteiger partial charge in [0.15, 0.2) is 0 Å². The lowest BCUT2D eigenvalue weighted by Gasteiger charge is -2.43. The number of carbonyl (C=O) groups is 1. The SMILES string of the molecule is C[C@@H]1CN(CC(=O)N2CC(C)(C)c3c2cc(Cc2ccc(F)cc2)n2ccnc32)[C@@H](CN2CCOC[C@H]2C)CN1. The molecular weight excluding hydrogens is 507 g/mol. The highest BCUT2D eigenvalue weighted by Crippen LogP contribution is 2.43. The van der Waals surface area contributed by atoms with Crippen molar-refractivity contribution >= 4 is 17.2 Å². The first-order valence-corrected chi connectivity index (χ1v) is 14.5. The number of fused-ring (bicyclic) bond motifs is 3. The number of rotatable bonds is 6. The predicted molar refractivity (Wildman–Crippen MR) is 154 cm³/mol. The van der Waals surface area contributed by atoms with Gasteiger partial charge in [-0.3, -0.25) is 14.6 Å². The van der Waals surface area contributed by atoms with E-state index in [1.165, 1.54) is 12.1 Å². The summed E-state index contributed by atoms with van der Waals surface area (Å²) in [7, 11) is 0. The van der Waals surface area contributed by atoms with E-state index in [1.54, 1.807) is 0 Å². The van der Waals surface area contributed by atoms with Crippen molar-refractivity contribution in [2.45, 2.75) is 57.7 Å². The van der Waals surface area contributed by atoms with Gasteiger partial charge in [0, 0.05) is 86.3 Å². The molecule has 9 heteroatoms. The molecule has 2 fully saturated rings. The van der Waals surface area contributed by atoms with Crippen molar-refractivity contribution in [3.63, 3.8) is 0 Å². The third kappa shape index (κ3) is 5.28. The molecule has 1 amide bonds. The molecule has 0 bridgehead atoms. The standard InChI is InChI=1S/C31H41FN6O2/c1-21-16-36(26(15-34-21)17-35-11-12-40-19-22(35)2)18-28(39)38-20-31(3,4)29-27(38)14-25(37-10-9-33-30(29)37)13-23-5-7-24(32)8-6-23/h5-10,14,21-22,26,34H,11-13,15-20H2,1-4H3/t21-,22-,26-/m1/s1. The molecule has 6 rings (SSSR count). The topological polar surface area (TPSA) is 65.4 Å². The molecule has 0 aliphatic carbocycles. The zero-order valence-corrected chi connectivity index (χ0v) is 24.1. The minimum Gasteiger partial charge on any atom is -0.379 e. The molecule has 40 heavy (non-hydrogen) atoms. The van der Waals surface area contributed by atoms with Gasteiger partial charge in [-0.15, -0.1) is 0 Å². The van der Waals surface area contributed by atoms with Crippen LogP contribution in [0.1, 0.15) is 44.5 Å². The summed E-state index contributed by atoms with van der Waals surface area (Å²) < 4.78 is 21.3. The molecule has 1 aromatic carbocycles. The van der Waals surface area contributed by atoms with E-state index < -0.39 is 0 Å². The maximum atomic E-state index is 14.1. The molecule has 0 saturated carbocycles. The number of benzene rings is 1. The van der Waals surface area contributed by atoms with Crippen LogP contribution in [0.3, 0.4) is 0 Å². The second-order valence-electron chi connectivity index (χ2n) is 12.5. The number of aromatic nitrogens is 2. The van der Waals surface area contributed by atoms with Crippen LogP contribution in [-0.4, -0.2) is 95.7 Å². The lowest BCUT2D eigenvalue weighted by Crippen LogP contribution is -2.62. The number of carbonyl (C=O) groups excluding carboxylic acids is 1. The van der Waals surface area contributed by atoms with E-state index in [0.717, 1.165) is 67.5 Å². The summed E-state index contributed by atoms with van der Waals surface area (Å²) in [6.45, 7) is 14.9. The van der Waals surface area contributed by atoms with Gasteiger partial charge in [0.05, 0.1) is 25.4 Å². The van der Waals surface area contributed by atoms with Gasteiger partial charge in [-0.1, -0.05) is 26.0 Å². The van der Waals surface area contributed by atoms with Gasteiger partial charge in [-0.05, 0) is 37.6 Å². The average molecular weight is 549 g/mol. The van der Waals surface area contributed by atoms with E-state index in [2.05, 4.69) is 53.3 Å². The lowest BCUT2D eigenvalue weighted by molar-refractivity contribution is -0.121. The Hall–Kier alpha value is -2.85. The van der Waals surface area contributed by atoms with E-state index in [1.807, 2.05) is 29.4 Å². The van der Waals surface area contributed by atoms with Crippen LogP contribution in [0.5, 0.6) is 0 Å². The average Bonchev–Trinajstić information content (AvgIpc) is 3.50. The van der Waals surface area contributed by atoms with E-state index in [-0.39, 0.29) is 23.2 Å². The molecule has 3 atom stereocenters. The van der Waals surface area contributed by atoms with E-state index in [4.69, 9.17) is 9.72 Å². The van der Waals surface area contributed by atoms with Gasteiger partial charge in [0.25, 0.3) is 0 Å². The van der Waals surface area contributed by atoms with Gasteiger partial charge < -0.3 is 19.4 Å². The third-order valence-electron chi connectivity index (χ3n) is 8.87. The fourth-order valence-electron chi connectivity index (χ4n) is 6.69. The molecule has 3 aromatic rings. The van der Waals surface area contributed by atoms with Crippen molar-refractivity contribution in [3.05, 3.63) is 65.4 Å². The summed E-state index contributed by atoms with van der Waals surface area (Å²) in [5.41, 5.74) is 4.77. The molecule has 3 aliphatic rings. The number of ether oxygens (including phenoxy) is 1. The van der Waals surface area contributed by atoms with Crippen molar-refractivity contribution in [1.82, 2.24) is 24.5 Å². The molecule has 0 unspecified atom stereocenters. The van der Waals surface area contributed by atoms with Crippen molar-refractivity contribution in [1.29, 1.82) is 0 Å². The molecule has 2 saturated heterocycles. The van der Waals surface area contributed by atoms with Crippen molar-refractivity contribution < 1.29 is 13.9 Å². The van der Waals surface area contributed by atoms with Crippen molar-refractivity contribution in [3.8, 4) is 0 Å². The monoisotopic (exact) mass is 548 g/mol. The van der Waals surface area contributed by atoms with Crippen molar-refractivity contribution in [2.75, 3.05) is 57.4 Å². The Morgan fingerprint density at radius 1 is 1.20 bits per heavy atom. The van der Waals surface area contributed by atoms with E-state index >= 15 is 0 Å². The number of nitrogens with one attached hydrogen (secondary N) is 1. The summed E-state index contributed by atoms with van der Waals surface area (Å²) in [6, 6.07) is 9.75. The summed E-state index contributed by atoms with van der Waals surface area (Å²) in [5, 5.41) is 3.63. The van der Waals surface area contributed by atoms with E-state index in [0.29, 0.717) is 31.6 Å². The quantitative estimate of drug-likeness (QED) is 0.511. The van der Waals surface area contributed by atoms with Crippen LogP contribution in [0.15, 0.2) is 42.7 Å². The number of piperazine rings is 1. The largest absolute Gasteiger partial charge is 0.379 e. The predicted octanol–water partition coefficient (Wildman–Crippen LogP) is 3.07. The van der Waals surface area contributed by atoms with Gasteiger partial charge in [0.1, 0.15) is 11.5 Å². The van der Waals surface area contributed by atoms with E-state index in [9.17, 15) is 9.18 Å². The van der Waals surface area contributed by atoms with Crippen LogP contribution < -0.4 is 10.2 Å². The maximum Gasteiger partial charge on any atom is 0.241 e. The van der Waals surface area contributed by atoms with Crippen LogP contribution >= 0.6 is 0 Å². The molecule has 0 radical (unpaired) electrons. The second-order valence-corrected chi connectivity index (χ2v) is 12.5. The number of imidazole rings is 1. The summed E-state index contributed by atoms with van der Waals surface area (Å²) in [6.07, 6.45) is 4.43. The minimum atomic E-state index is -0.243. The molecule has 214 valence electrons. The highest BCUT2D eigenvalue weighted by molar-refractivity contribution is 5.99. The molecule has 2 aromatic heterocycles. The highest BCUT2D eigenvalue weighted by Gasteiger charge is 2.42. The number of hydrogen-bond donors (Lipinski definition) is 1. The number of halogens is 1. The maximum absolute atomic E-state index is 14.1. The summed E-state index contributed by atoms with van der Waals surface area (Å²) >= 11 is 0. The van der Waals surface area contributed by atoms with Crippen LogP contribution in [-0.2, 0) is 21.4 Å². The Kier molecular flexibility index (Phi) is 7.41. The molecule has 0 spiro atoms. The fourth-order valence-corrected chi connectivity index (χ4v) is 6.69. The normalized spacial score (nSPS) is 25.4. The van der Waals surface area contributed by atoms with Gasteiger partial charge in [-0.25, -0.2) is 9.37 Å². The first kappa shape index (κ1) is 27.3.